The van der Waals surface area contributed by atoms with Gasteiger partial charge in [-0.25, -0.2) is 0 Å². The zero-order chi connectivity index (χ0) is 21.6. The molecule has 1 rings (SSSR count). The van der Waals surface area contributed by atoms with Crippen LogP contribution in [-0.2, 0) is 14.3 Å². The molecular weight excluding hydrogens is 382 g/mol. The molecule has 164 valence electrons. The lowest BCUT2D eigenvalue weighted by Gasteiger charge is -2.42. The third-order valence-electron chi connectivity index (χ3n) is 4.30. The van der Waals surface area contributed by atoms with Crippen molar-refractivity contribution < 1.29 is 55.1 Å². The van der Waals surface area contributed by atoms with E-state index in [-0.39, 0.29) is 5.57 Å². The number of carbonyl (C=O) groups is 1. The topological polar surface area (TPSA) is 209 Å². The van der Waals surface area contributed by atoms with Crippen LogP contribution in [0.2, 0.25) is 0 Å². The summed E-state index contributed by atoms with van der Waals surface area (Å²) in [6.45, 7) is 2.77. The van der Waals surface area contributed by atoms with Crippen LogP contribution < -0.4 is 5.32 Å². The van der Waals surface area contributed by atoms with Crippen LogP contribution in [-0.4, -0.2) is 122 Å². The van der Waals surface area contributed by atoms with Crippen molar-refractivity contribution >= 4 is 5.91 Å². The summed E-state index contributed by atoms with van der Waals surface area (Å²) in [6, 6.07) is 0. The Balaban J connectivity index is 2.86. The van der Waals surface area contributed by atoms with E-state index >= 15 is 0 Å². The number of hydrogen-bond donors (Lipinski definition) is 9. The minimum Gasteiger partial charge on any atom is -0.394 e. The molecule has 1 aliphatic rings. The number of rotatable bonds is 10. The van der Waals surface area contributed by atoms with Crippen LogP contribution in [0.1, 0.15) is 6.92 Å². The molecule has 1 aliphatic heterocycles. The second kappa shape index (κ2) is 11.1. The Morgan fingerprint density at radius 3 is 2.21 bits per heavy atom. The third-order valence-corrected chi connectivity index (χ3v) is 4.30. The van der Waals surface area contributed by atoms with Gasteiger partial charge in [0.2, 0.25) is 5.91 Å². The first-order valence-electron chi connectivity index (χ1n) is 8.59. The van der Waals surface area contributed by atoms with E-state index in [1.807, 2.05) is 0 Å². The highest BCUT2D eigenvalue weighted by molar-refractivity contribution is 5.92. The van der Waals surface area contributed by atoms with Gasteiger partial charge >= 0.3 is 0 Å². The van der Waals surface area contributed by atoms with Gasteiger partial charge in [0.1, 0.15) is 42.7 Å². The molecule has 1 fully saturated rings. The number of carbonyl (C=O) groups excluding carboxylic acids is 1. The molecule has 28 heavy (non-hydrogen) atoms. The molecule has 0 aromatic rings. The molecule has 1 amide bonds. The summed E-state index contributed by atoms with van der Waals surface area (Å²) in [4.78, 5) is 11.5. The summed E-state index contributed by atoms with van der Waals surface area (Å²) in [5, 5.41) is 80.4. The second-order valence-corrected chi connectivity index (χ2v) is 6.60. The largest absolute Gasteiger partial charge is 0.394 e. The summed E-state index contributed by atoms with van der Waals surface area (Å²) in [5.41, 5.74) is 0.159. The molecular formula is C16H29NO11. The van der Waals surface area contributed by atoms with Crippen LogP contribution in [0, 0.1) is 0 Å². The average molecular weight is 411 g/mol. The number of amides is 1. The maximum absolute atomic E-state index is 11.5. The van der Waals surface area contributed by atoms with E-state index in [0.29, 0.717) is 0 Å². The average Bonchev–Trinajstić information content (AvgIpc) is 2.68. The van der Waals surface area contributed by atoms with Gasteiger partial charge in [0.05, 0.1) is 19.3 Å². The summed E-state index contributed by atoms with van der Waals surface area (Å²) >= 11 is 0. The maximum Gasteiger partial charge on any atom is 0.246 e. The molecule has 1 saturated heterocycles. The molecule has 9 N–H and O–H groups in total. The van der Waals surface area contributed by atoms with Crippen molar-refractivity contribution in [3.8, 4) is 0 Å². The first-order chi connectivity index (χ1) is 13.0. The smallest absolute Gasteiger partial charge is 0.246 e. The Morgan fingerprint density at radius 2 is 1.71 bits per heavy atom. The molecule has 0 spiro atoms. The molecule has 0 aliphatic carbocycles. The Hall–Kier alpha value is -1.19. The van der Waals surface area contributed by atoms with Gasteiger partial charge < -0.3 is 55.6 Å². The van der Waals surface area contributed by atoms with Gasteiger partial charge in [0, 0.05) is 12.1 Å². The zero-order valence-corrected chi connectivity index (χ0v) is 15.3. The van der Waals surface area contributed by atoms with Crippen molar-refractivity contribution in [2.75, 3.05) is 19.8 Å². The Bertz CT molecular complexity index is 517. The van der Waals surface area contributed by atoms with E-state index < -0.39 is 80.8 Å². The quantitative estimate of drug-likeness (QED) is 0.155. The molecule has 1 heterocycles. The fourth-order valence-electron chi connectivity index (χ4n) is 2.53. The lowest BCUT2D eigenvalue weighted by atomic mass is 9.98. The van der Waals surface area contributed by atoms with Crippen molar-refractivity contribution in [1.82, 2.24) is 5.32 Å². The Labute approximate surface area is 161 Å². The van der Waals surface area contributed by atoms with Crippen LogP contribution in [0.15, 0.2) is 12.2 Å². The van der Waals surface area contributed by atoms with E-state index in [4.69, 9.17) is 9.47 Å². The molecule has 0 saturated carbocycles. The minimum atomic E-state index is -1.86. The van der Waals surface area contributed by atoms with E-state index in [0.717, 1.165) is 0 Å². The molecule has 0 aromatic carbocycles. The fraction of sp³-hybridized carbons (Fsp3) is 0.812. The van der Waals surface area contributed by atoms with Gasteiger partial charge in [0.15, 0.2) is 6.29 Å². The first kappa shape index (κ1) is 24.8. The van der Waals surface area contributed by atoms with Gasteiger partial charge in [-0.15, -0.1) is 0 Å². The third kappa shape index (κ3) is 6.15. The van der Waals surface area contributed by atoms with Crippen LogP contribution in [0.25, 0.3) is 0 Å². The van der Waals surface area contributed by atoms with Crippen molar-refractivity contribution in [2.45, 2.75) is 62.0 Å². The monoisotopic (exact) mass is 411 g/mol. The lowest BCUT2D eigenvalue weighted by Crippen LogP contribution is -2.61. The summed E-state index contributed by atoms with van der Waals surface area (Å²) in [6.07, 6.45) is -15.2. The van der Waals surface area contributed by atoms with E-state index in [9.17, 15) is 45.6 Å². The Kier molecular flexibility index (Phi) is 9.86. The number of nitrogens with one attached hydrogen (secondary N) is 1. The highest BCUT2D eigenvalue weighted by Crippen LogP contribution is 2.24. The lowest BCUT2D eigenvalue weighted by molar-refractivity contribution is -0.327. The Morgan fingerprint density at radius 1 is 1.11 bits per heavy atom. The summed E-state index contributed by atoms with van der Waals surface area (Å²) in [7, 11) is 0. The number of hydrogen-bond acceptors (Lipinski definition) is 11. The van der Waals surface area contributed by atoms with E-state index in [1.165, 1.54) is 6.92 Å². The van der Waals surface area contributed by atoms with Gasteiger partial charge in [0.25, 0.3) is 0 Å². The molecule has 12 heteroatoms. The van der Waals surface area contributed by atoms with Crippen LogP contribution in [0.4, 0.5) is 0 Å². The van der Waals surface area contributed by atoms with Gasteiger partial charge in [-0.2, -0.15) is 0 Å². The van der Waals surface area contributed by atoms with Crippen molar-refractivity contribution in [3.63, 3.8) is 0 Å². The van der Waals surface area contributed by atoms with Crippen molar-refractivity contribution in [3.05, 3.63) is 12.2 Å². The van der Waals surface area contributed by atoms with Gasteiger partial charge in [-0.1, -0.05) is 6.58 Å². The molecule has 0 aromatic heterocycles. The number of aliphatic hydroxyl groups excluding tert-OH is 8. The second-order valence-electron chi connectivity index (χ2n) is 6.60. The van der Waals surface area contributed by atoms with E-state index in [2.05, 4.69) is 11.9 Å². The zero-order valence-electron chi connectivity index (χ0n) is 15.3. The predicted octanol–water partition coefficient (Wildman–Crippen LogP) is -5.06. The summed E-state index contributed by atoms with van der Waals surface area (Å²) in [5.74, 6) is -0.583. The van der Waals surface area contributed by atoms with Crippen molar-refractivity contribution in [2.24, 2.45) is 0 Å². The SMILES string of the molecule is C=C(C)C(=O)NC[C@H](O)[C@@H](O)[C@H](O[C@@H]1O[C@H](CO)[C@@H](O)[C@H](O)[C@H]1O)[C@H](O)CO. The predicted molar refractivity (Wildman–Crippen MR) is 91.6 cm³/mol. The molecule has 9 atom stereocenters. The van der Waals surface area contributed by atoms with Crippen LogP contribution >= 0.6 is 0 Å². The van der Waals surface area contributed by atoms with Gasteiger partial charge in [-0.3, -0.25) is 4.79 Å². The highest BCUT2D eigenvalue weighted by atomic mass is 16.7. The van der Waals surface area contributed by atoms with Crippen molar-refractivity contribution in [1.29, 1.82) is 0 Å². The van der Waals surface area contributed by atoms with Crippen LogP contribution in [0.5, 0.6) is 0 Å². The van der Waals surface area contributed by atoms with Gasteiger partial charge in [-0.05, 0) is 6.92 Å². The van der Waals surface area contributed by atoms with E-state index in [1.54, 1.807) is 0 Å². The standard InChI is InChI=1S/C16H29NO11/c1-6(2)15(26)17-3-7(20)10(22)14(8(21)4-18)28-16-13(25)12(24)11(23)9(5-19)27-16/h7-14,16,18-25H,1,3-5H2,2H3,(H,17,26)/t7-,8+,9+,10+,11+,12-,13+,14+,16-/m0/s1. The molecule has 0 bridgehead atoms. The summed E-state index contributed by atoms with van der Waals surface area (Å²) < 4.78 is 10.4. The maximum atomic E-state index is 11.5. The minimum absolute atomic E-state index is 0.159. The molecule has 0 unspecified atom stereocenters. The fourth-order valence-corrected chi connectivity index (χ4v) is 2.53. The van der Waals surface area contributed by atoms with Crippen LogP contribution in [0.3, 0.4) is 0 Å². The first-order valence-corrected chi connectivity index (χ1v) is 8.59. The highest BCUT2D eigenvalue weighted by Gasteiger charge is 2.46. The number of ether oxygens (including phenoxy) is 2. The normalized spacial score (nSPS) is 32.2. The molecule has 0 radical (unpaired) electrons. The molecule has 12 nitrogen and oxygen atoms in total. The number of aliphatic hydroxyl groups is 8.